The van der Waals surface area contributed by atoms with Gasteiger partial charge in [-0.15, -0.1) is 0 Å². The van der Waals surface area contributed by atoms with E-state index < -0.39 is 0 Å². The fraction of sp³-hybridized carbons (Fsp3) is 0.250. The number of benzene rings is 2. The van der Waals surface area contributed by atoms with Crippen LogP contribution in [-0.2, 0) is 0 Å². The van der Waals surface area contributed by atoms with Gasteiger partial charge in [-0.2, -0.15) is 0 Å². The van der Waals surface area contributed by atoms with E-state index in [0.717, 1.165) is 23.6 Å². The summed E-state index contributed by atoms with van der Waals surface area (Å²) in [5, 5.41) is 0. The van der Waals surface area contributed by atoms with Crippen molar-refractivity contribution in [3.8, 4) is 5.75 Å². The van der Waals surface area contributed by atoms with Crippen LogP contribution in [0.15, 0.2) is 59.6 Å². The first-order valence-corrected chi connectivity index (χ1v) is 7.62. The summed E-state index contributed by atoms with van der Waals surface area (Å²) in [6, 6.07) is 16.4. The van der Waals surface area contributed by atoms with E-state index in [0.29, 0.717) is 0 Å². The van der Waals surface area contributed by atoms with Crippen LogP contribution >= 0.6 is 0 Å². The average molecular weight is 291 g/mol. The van der Waals surface area contributed by atoms with Crippen molar-refractivity contribution >= 4 is 17.5 Å². The number of hydrogen-bond acceptors (Lipinski definition) is 2. The van der Waals surface area contributed by atoms with Crippen molar-refractivity contribution in [2.45, 2.75) is 32.8 Å². The van der Waals surface area contributed by atoms with Gasteiger partial charge in [0, 0.05) is 12.1 Å². The zero-order valence-corrected chi connectivity index (χ0v) is 13.3. The minimum Gasteiger partial charge on any atom is -0.485 e. The lowest BCUT2D eigenvalue weighted by Gasteiger charge is -2.24. The van der Waals surface area contributed by atoms with Crippen LogP contribution in [0.1, 0.15) is 31.4 Å². The number of fused-ring (bicyclic) bond motifs is 1. The molecule has 0 atom stereocenters. The maximum Gasteiger partial charge on any atom is 0.145 e. The third kappa shape index (κ3) is 3.45. The van der Waals surface area contributed by atoms with Crippen molar-refractivity contribution in [2.75, 3.05) is 0 Å². The van der Waals surface area contributed by atoms with Gasteiger partial charge in [-0.25, -0.2) is 4.99 Å². The lowest BCUT2D eigenvalue weighted by molar-refractivity contribution is 0.120. The van der Waals surface area contributed by atoms with E-state index in [4.69, 9.17) is 9.73 Å². The average Bonchev–Trinajstić information content (AvgIpc) is 2.60. The van der Waals surface area contributed by atoms with Gasteiger partial charge in [-0.3, -0.25) is 0 Å². The molecular formula is C20H21NO. The van der Waals surface area contributed by atoms with Crippen molar-refractivity contribution in [1.29, 1.82) is 0 Å². The Morgan fingerprint density at radius 1 is 1.00 bits per heavy atom. The van der Waals surface area contributed by atoms with E-state index in [1.54, 1.807) is 0 Å². The molecule has 0 aliphatic carbocycles. The smallest absolute Gasteiger partial charge is 0.145 e. The molecule has 2 heteroatoms. The predicted octanol–water partition coefficient (Wildman–Crippen LogP) is 5.34. The van der Waals surface area contributed by atoms with E-state index in [9.17, 15) is 0 Å². The summed E-state index contributed by atoms with van der Waals surface area (Å²) in [5.41, 5.74) is 4.13. The highest BCUT2D eigenvalue weighted by molar-refractivity contribution is 6.01. The van der Waals surface area contributed by atoms with E-state index in [2.05, 4.69) is 57.2 Å². The van der Waals surface area contributed by atoms with Gasteiger partial charge in [0.05, 0.1) is 0 Å². The first-order chi connectivity index (χ1) is 10.5. The number of aryl methyl sites for hydroxylation is 1. The number of nitrogens with zero attached hydrogens (tertiary/aromatic N) is 1. The third-order valence-corrected chi connectivity index (χ3v) is 3.67. The normalized spacial score (nSPS) is 16.6. The summed E-state index contributed by atoms with van der Waals surface area (Å²) in [7, 11) is 0. The van der Waals surface area contributed by atoms with Gasteiger partial charge in [0.1, 0.15) is 17.0 Å². The Morgan fingerprint density at radius 2 is 1.73 bits per heavy atom. The molecule has 2 aromatic carbocycles. The van der Waals surface area contributed by atoms with Crippen LogP contribution in [-0.4, -0.2) is 11.3 Å². The molecule has 3 rings (SSSR count). The van der Waals surface area contributed by atoms with Gasteiger partial charge in [0.2, 0.25) is 0 Å². The van der Waals surface area contributed by atoms with Crippen LogP contribution in [0.5, 0.6) is 5.75 Å². The molecule has 0 unspecified atom stereocenters. The predicted molar refractivity (Wildman–Crippen MR) is 93.1 cm³/mol. The quantitative estimate of drug-likeness (QED) is 0.731. The van der Waals surface area contributed by atoms with Gasteiger partial charge in [0.15, 0.2) is 0 Å². The topological polar surface area (TPSA) is 21.6 Å². The molecule has 2 aromatic rings. The van der Waals surface area contributed by atoms with Crippen LogP contribution in [0.4, 0.5) is 5.69 Å². The van der Waals surface area contributed by atoms with Crippen molar-refractivity contribution in [3.63, 3.8) is 0 Å². The molecule has 0 fully saturated rings. The fourth-order valence-electron chi connectivity index (χ4n) is 2.57. The second-order valence-electron chi connectivity index (χ2n) is 6.35. The SMILES string of the molecule is Cc1ccc(/C=C/C2=Nc3ccccc3OC(C)(C)C2)cc1. The van der Waals surface area contributed by atoms with E-state index in [-0.39, 0.29) is 5.60 Å². The van der Waals surface area contributed by atoms with Crippen molar-refractivity contribution < 1.29 is 4.74 Å². The zero-order valence-electron chi connectivity index (χ0n) is 13.3. The molecule has 112 valence electrons. The molecule has 0 N–H and O–H groups in total. The summed E-state index contributed by atoms with van der Waals surface area (Å²) in [6.45, 7) is 6.30. The maximum atomic E-state index is 6.09. The van der Waals surface area contributed by atoms with Gasteiger partial charge in [-0.05, 0) is 44.5 Å². The standard InChI is InChI=1S/C20H21NO/c1-15-8-10-16(11-9-15)12-13-17-14-20(2,3)22-19-7-5-4-6-18(19)21-17/h4-13H,14H2,1-3H3/b13-12+. The Labute approximate surface area is 132 Å². The molecule has 0 saturated heterocycles. The Kier molecular flexibility index (Phi) is 3.84. The molecule has 22 heavy (non-hydrogen) atoms. The van der Waals surface area contributed by atoms with Gasteiger partial charge in [0.25, 0.3) is 0 Å². The van der Waals surface area contributed by atoms with E-state index in [1.807, 2.05) is 24.3 Å². The Bertz CT molecular complexity index is 724. The third-order valence-electron chi connectivity index (χ3n) is 3.67. The van der Waals surface area contributed by atoms with Crippen molar-refractivity contribution in [2.24, 2.45) is 4.99 Å². The fourth-order valence-corrected chi connectivity index (χ4v) is 2.57. The number of aliphatic imine (C=N–C) groups is 1. The van der Waals surface area contributed by atoms with Crippen molar-refractivity contribution in [3.05, 3.63) is 65.7 Å². The number of para-hydroxylation sites is 2. The van der Waals surface area contributed by atoms with Gasteiger partial charge < -0.3 is 4.74 Å². The zero-order chi connectivity index (χ0) is 15.6. The largest absolute Gasteiger partial charge is 0.485 e. The number of ether oxygens (including phenoxy) is 1. The van der Waals surface area contributed by atoms with Gasteiger partial charge in [-0.1, -0.05) is 48.0 Å². The Hall–Kier alpha value is -2.35. The Balaban J connectivity index is 1.92. The summed E-state index contributed by atoms with van der Waals surface area (Å²) >= 11 is 0. The highest BCUT2D eigenvalue weighted by Crippen LogP contribution is 2.35. The van der Waals surface area contributed by atoms with Crippen LogP contribution in [0.25, 0.3) is 6.08 Å². The van der Waals surface area contributed by atoms with Crippen LogP contribution in [0, 0.1) is 6.92 Å². The first kappa shape index (κ1) is 14.6. The molecular weight excluding hydrogens is 270 g/mol. The minimum absolute atomic E-state index is 0.261. The molecule has 0 aromatic heterocycles. The van der Waals surface area contributed by atoms with E-state index in [1.165, 1.54) is 11.1 Å². The van der Waals surface area contributed by atoms with Crippen LogP contribution < -0.4 is 4.74 Å². The van der Waals surface area contributed by atoms with Crippen LogP contribution in [0.2, 0.25) is 0 Å². The highest BCUT2D eigenvalue weighted by atomic mass is 16.5. The van der Waals surface area contributed by atoms with E-state index >= 15 is 0 Å². The second-order valence-corrected chi connectivity index (χ2v) is 6.35. The Morgan fingerprint density at radius 3 is 2.50 bits per heavy atom. The monoisotopic (exact) mass is 291 g/mol. The molecule has 0 bridgehead atoms. The first-order valence-electron chi connectivity index (χ1n) is 7.62. The molecule has 1 aliphatic heterocycles. The molecule has 1 heterocycles. The lowest BCUT2D eigenvalue weighted by atomic mass is 10.0. The second kappa shape index (κ2) is 5.80. The summed E-state index contributed by atoms with van der Waals surface area (Å²) in [5.74, 6) is 0.853. The maximum absolute atomic E-state index is 6.09. The molecule has 0 radical (unpaired) electrons. The molecule has 2 nitrogen and oxygen atoms in total. The number of allylic oxidation sites excluding steroid dienone is 1. The minimum atomic E-state index is -0.261. The summed E-state index contributed by atoms with van der Waals surface area (Å²) in [6.07, 6.45) is 4.99. The lowest BCUT2D eigenvalue weighted by Crippen LogP contribution is -2.29. The molecule has 0 saturated carbocycles. The van der Waals surface area contributed by atoms with Crippen molar-refractivity contribution in [1.82, 2.24) is 0 Å². The summed E-state index contributed by atoms with van der Waals surface area (Å²) in [4.78, 5) is 4.77. The number of hydrogen-bond donors (Lipinski definition) is 0. The van der Waals surface area contributed by atoms with Gasteiger partial charge >= 0.3 is 0 Å². The van der Waals surface area contributed by atoms with Crippen LogP contribution in [0.3, 0.4) is 0 Å². The molecule has 0 amide bonds. The molecule has 0 spiro atoms. The molecule has 1 aliphatic rings. The number of rotatable bonds is 2. The summed E-state index contributed by atoms with van der Waals surface area (Å²) < 4.78 is 6.09. The highest BCUT2D eigenvalue weighted by Gasteiger charge is 2.25.